The molecule has 1 amide bonds. The first-order valence-corrected chi connectivity index (χ1v) is 8.31. The van der Waals surface area contributed by atoms with E-state index in [2.05, 4.69) is 25.1 Å². The maximum Gasteiger partial charge on any atom is 0.259 e. The molecule has 0 saturated heterocycles. The van der Waals surface area contributed by atoms with E-state index in [4.69, 9.17) is 0 Å². The van der Waals surface area contributed by atoms with E-state index in [1.165, 1.54) is 0 Å². The molecule has 3 rings (SSSR count). The summed E-state index contributed by atoms with van der Waals surface area (Å²) in [5.41, 5.74) is 1.82. The number of para-hydroxylation sites is 1. The lowest BCUT2D eigenvalue weighted by atomic mass is 10.1. The van der Waals surface area contributed by atoms with Crippen LogP contribution < -0.4 is 4.90 Å². The van der Waals surface area contributed by atoms with Crippen LogP contribution in [-0.2, 0) is 0 Å². The zero-order valence-electron chi connectivity index (χ0n) is 13.0. The highest BCUT2D eigenvalue weighted by atomic mass is 32.2. The Labute approximate surface area is 135 Å². The predicted octanol–water partition coefficient (Wildman–Crippen LogP) is 3.75. The Bertz CT molecular complexity index is 684. The molecule has 0 saturated carbocycles. The van der Waals surface area contributed by atoms with Crippen LogP contribution in [0.25, 0.3) is 0 Å². The van der Waals surface area contributed by atoms with Crippen LogP contribution in [-0.4, -0.2) is 38.0 Å². The standard InChI is InChI=1S/C18H20N2OS/c1-19(2)12-7-13-20-15-9-4-6-11-17(15)22-16-10-5-3-8-14(16)18(20)21/h3-6,8-11H,7,12-13H2,1-2H3. The summed E-state index contributed by atoms with van der Waals surface area (Å²) in [7, 11) is 4.12. The third-order valence-corrected chi connectivity index (χ3v) is 4.87. The summed E-state index contributed by atoms with van der Waals surface area (Å²) in [5, 5.41) is 0. The van der Waals surface area contributed by atoms with Crippen LogP contribution >= 0.6 is 11.8 Å². The van der Waals surface area contributed by atoms with Crippen molar-refractivity contribution in [2.45, 2.75) is 16.2 Å². The Morgan fingerprint density at radius 1 is 1.00 bits per heavy atom. The first-order valence-electron chi connectivity index (χ1n) is 7.49. The van der Waals surface area contributed by atoms with E-state index in [0.717, 1.165) is 40.6 Å². The van der Waals surface area contributed by atoms with Gasteiger partial charge in [-0.25, -0.2) is 0 Å². The lowest BCUT2D eigenvalue weighted by Crippen LogP contribution is -2.33. The van der Waals surface area contributed by atoms with Crippen molar-refractivity contribution >= 4 is 23.4 Å². The van der Waals surface area contributed by atoms with Gasteiger partial charge in [-0.05, 0) is 51.3 Å². The molecule has 22 heavy (non-hydrogen) atoms. The van der Waals surface area contributed by atoms with Crippen molar-refractivity contribution < 1.29 is 4.79 Å². The van der Waals surface area contributed by atoms with Crippen LogP contribution in [0.2, 0.25) is 0 Å². The van der Waals surface area contributed by atoms with Gasteiger partial charge in [-0.3, -0.25) is 4.79 Å². The average Bonchev–Trinajstić information content (AvgIpc) is 2.63. The number of hydrogen-bond acceptors (Lipinski definition) is 3. The molecule has 2 aromatic carbocycles. The van der Waals surface area contributed by atoms with Gasteiger partial charge in [0.05, 0.1) is 11.3 Å². The van der Waals surface area contributed by atoms with Crippen molar-refractivity contribution in [3.05, 3.63) is 54.1 Å². The van der Waals surface area contributed by atoms with Gasteiger partial charge in [-0.15, -0.1) is 0 Å². The lowest BCUT2D eigenvalue weighted by molar-refractivity contribution is 0.0983. The molecule has 4 heteroatoms. The molecule has 0 bridgehead atoms. The minimum atomic E-state index is 0.104. The van der Waals surface area contributed by atoms with Crippen LogP contribution in [0.4, 0.5) is 5.69 Å². The van der Waals surface area contributed by atoms with E-state index in [0.29, 0.717) is 0 Å². The minimum absolute atomic E-state index is 0.104. The predicted molar refractivity (Wildman–Crippen MR) is 91.9 cm³/mol. The van der Waals surface area contributed by atoms with Crippen LogP contribution in [0.1, 0.15) is 16.8 Å². The van der Waals surface area contributed by atoms with Crippen LogP contribution in [0, 0.1) is 0 Å². The molecule has 0 aliphatic carbocycles. The Balaban J connectivity index is 1.98. The van der Waals surface area contributed by atoms with Crippen molar-refractivity contribution in [3.8, 4) is 0 Å². The summed E-state index contributed by atoms with van der Waals surface area (Å²) in [4.78, 5) is 19.2. The average molecular weight is 312 g/mol. The third kappa shape index (κ3) is 3.03. The highest BCUT2D eigenvalue weighted by molar-refractivity contribution is 7.99. The molecular weight excluding hydrogens is 292 g/mol. The maximum absolute atomic E-state index is 13.0. The normalized spacial score (nSPS) is 13.8. The molecule has 0 N–H and O–H groups in total. The second kappa shape index (κ2) is 6.55. The summed E-state index contributed by atoms with van der Waals surface area (Å²) in [6, 6.07) is 16.0. The first-order chi connectivity index (χ1) is 10.7. The van der Waals surface area contributed by atoms with Gasteiger partial charge >= 0.3 is 0 Å². The number of nitrogens with zero attached hydrogens (tertiary/aromatic N) is 2. The Morgan fingerprint density at radius 2 is 1.68 bits per heavy atom. The maximum atomic E-state index is 13.0. The third-order valence-electron chi connectivity index (χ3n) is 3.73. The van der Waals surface area contributed by atoms with E-state index in [-0.39, 0.29) is 5.91 Å². The molecule has 1 aliphatic rings. The summed E-state index contributed by atoms with van der Waals surface area (Å²) >= 11 is 1.68. The Morgan fingerprint density at radius 3 is 2.45 bits per heavy atom. The summed E-state index contributed by atoms with van der Waals surface area (Å²) in [5.74, 6) is 0.104. The fraction of sp³-hybridized carbons (Fsp3) is 0.278. The monoisotopic (exact) mass is 312 g/mol. The molecule has 0 radical (unpaired) electrons. The van der Waals surface area contributed by atoms with Crippen LogP contribution in [0.3, 0.4) is 0 Å². The molecule has 0 aromatic heterocycles. The molecule has 0 atom stereocenters. The van der Waals surface area contributed by atoms with Crippen molar-refractivity contribution in [1.29, 1.82) is 0 Å². The van der Waals surface area contributed by atoms with Crippen molar-refractivity contribution in [2.24, 2.45) is 0 Å². The van der Waals surface area contributed by atoms with Crippen molar-refractivity contribution in [1.82, 2.24) is 4.90 Å². The van der Waals surface area contributed by atoms with Gasteiger partial charge in [-0.2, -0.15) is 0 Å². The van der Waals surface area contributed by atoms with Crippen LogP contribution in [0.15, 0.2) is 58.3 Å². The van der Waals surface area contributed by atoms with E-state index < -0.39 is 0 Å². The van der Waals surface area contributed by atoms with Crippen molar-refractivity contribution in [2.75, 3.05) is 32.1 Å². The highest BCUT2D eigenvalue weighted by Gasteiger charge is 2.26. The van der Waals surface area contributed by atoms with Gasteiger partial charge in [0.1, 0.15) is 0 Å². The second-order valence-corrected chi connectivity index (χ2v) is 6.76. The summed E-state index contributed by atoms with van der Waals surface area (Å²) in [6.45, 7) is 1.71. The number of amides is 1. The van der Waals surface area contributed by atoms with Gasteiger partial charge < -0.3 is 9.80 Å². The molecule has 1 heterocycles. The zero-order valence-corrected chi connectivity index (χ0v) is 13.8. The second-order valence-electron chi connectivity index (χ2n) is 5.68. The molecule has 2 aromatic rings. The highest BCUT2D eigenvalue weighted by Crippen LogP contribution is 2.40. The smallest absolute Gasteiger partial charge is 0.259 e. The largest absolute Gasteiger partial charge is 0.309 e. The van der Waals surface area contributed by atoms with Gasteiger partial charge in [0.25, 0.3) is 5.91 Å². The Hall–Kier alpha value is -1.78. The van der Waals surface area contributed by atoms with E-state index in [1.54, 1.807) is 11.8 Å². The molecule has 0 fully saturated rings. The quantitative estimate of drug-likeness (QED) is 0.859. The number of benzene rings is 2. The van der Waals surface area contributed by atoms with Crippen LogP contribution in [0.5, 0.6) is 0 Å². The van der Waals surface area contributed by atoms with Gasteiger partial charge in [0.15, 0.2) is 0 Å². The molecule has 114 valence electrons. The number of hydrogen-bond donors (Lipinski definition) is 0. The van der Waals surface area contributed by atoms with E-state index in [9.17, 15) is 4.79 Å². The molecule has 0 spiro atoms. The molecule has 3 nitrogen and oxygen atoms in total. The summed E-state index contributed by atoms with van der Waals surface area (Å²) < 4.78 is 0. The SMILES string of the molecule is CN(C)CCCN1C(=O)c2ccccc2Sc2ccccc21. The number of carbonyl (C=O) groups excluding carboxylic acids is 1. The van der Waals surface area contributed by atoms with Gasteiger partial charge in [-0.1, -0.05) is 36.0 Å². The zero-order chi connectivity index (χ0) is 15.5. The summed E-state index contributed by atoms with van der Waals surface area (Å²) in [6.07, 6.45) is 0.958. The topological polar surface area (TPSA) is 23.6 Å². The Kier molecular flexibility index (Phi) is 4.50. The van der Waals surface area contributed by atoms with E-state index >= 15 is 0 Å². The van der Waals surface area contributed by atoms with Gasteiger partial charge in [0.2, 0.25) is 0 Å². The first kappa shape index (κ1) is 15.1. The van der Waals surface area contributed by atoms with Gasteiger partial charge in [0, 0.05) is 16.3 Å². The van der Waals surface area contributed by atoms with E-state index in [1.807, 2.05) is 47.4 Å². The molecular formula is C18H20N2OS. The molecule has 1 aliphatic heterocycles. The minimum Gasteiger partial charge on any atom is -0.309 e. The van der Waals surface area contributed by atoms with Crippen molar-refractivity contribution in [3.63, 3.8) is 0 Å². The fourth-order valence-corrected chi connectivity index (χ4v) is 3.72. The lowest BCUT2D eigenvalue weighted by Gasteiger charge is -2.23. The fourth-order valence-electron chi connectivity index (χ4n) is 2.64. The number of carbonyl (C=O) groups is 1. The molecule has 0 unspecified atom stereocenters. The number of fused-ring (bicyclic) bond motifs is 2. The number of rotatable bonds is 4. The number of anilines is 1.